The monoisotopic (exact) mass is 956 g/mol. The maximum Gasteiger partial charge on any atom is 0.397 e. The van der Waals surface area contributed by atoms with Crippen LogP contribution in [0.3, 0.4) is 0 Å². The first-order chi connectivity index (χ1) is 31.9. The van der Waals surface area contributed by atoms with Gasteiger partial charge in [-0.3, -0.25) is 9.35 Å². The standard InChI is InChI=1S/C52H93NO12S/c1-3-5-7-9-11-13-15-17-19-21-23-25-26-28-30-32-34-36-38-40-45(55)44(43-63-52-49(58)50(65-66(60,61)62)48(57)47(42-54)64-52)53-51(59)46(56)41-39-37-35-33-31-29-27-24-22-20-18-16-14-12-10-8-6-4-2/h12,14,16,18,23,25,30,32,38,40,44-50,52,54-58H,3-11,13,15,17,19-22,24,26-29,31,33-37,39,41-43H2,1-2H3,(H,53,59)(H,60,61,62)/b14-12-,18-16-,25-23+,32-30+,40-38+. The van der Waals surface area contributed by atoms with Gasteiger partial charge in [-0.25, -0.2) is 4.18 Å². The summed E-state index contributed by atoms with van der Waals surface area (Å²) in [5.41, 5.74) is 0. The fourth-order valence-electron chi connectivity index (χ4n) is 7.78. The SMILES string of the molecule is CCCCC/C=C\C=C/CCCCCCCCCCCC(O)C(=O)NC(COC1OC(CO)C(O)C(OS(=O)(=O)O)C1O)C(O)/C=C/CC/C=C/CC/C=C/CCCCCCCCCCC. The molecule has 0 radical (unpaired) electrons. The van der Waals surface area contributed by atoms with Crippen LogP contribution in [0, 0.1) is 0 Å². The van der Waals surface area contributed by atoms with E-state index >= 15 is 0 Å². The molecule has 1 aliphatic rings. The molecule has 13 nitrogen and oxygen atoms in total. The Kier molecular flexibility index (Phi) is 39.0. The van der Waals surface area contributed by atoms with Gasteiger partial charge in [0.2, 0.25) is 5.91 Å². The van der Waals surface area contributed by atoms with E-state index in [9.17, 15) is 43.3 Å². The molecule has 0 aromatic heterocycles. The Hall–Kier alpha value is -2.24. The molecule has 8 atom stereocenters. The fraction of sp³-hybridized carbons (Fsp3) is 0.788. The molecule has 0 aliphatic carbocycles. The third-order valence-corrected chi connectivity index (χ3v) is 12.3. The van der Waals surface area contributed by atoms with Gasteiger partial charge < -0.3 is 40.3 Å². The second kappa shape index (κ2) is 41.7. The number of amides is 1. The highest BCUT2D eigenvalue weighted by atomic mass is 32.3. The number of nitrogens with one attached hydrogen (secondary N) is 1. The number of hydrogen-bond acceptors (Lipinski definition) is 11. The van der Waals surface area contributed by atoms with E-state index in [-0.39, 0.29) is 6.42 Å². The van der Waals surface area contributed by atoms with Crippen LogP contribution in [0.2, 0.25) is 0 Å². The minimum absolute atomic E-state index is 0.226. The summed E-state index contributed by atoms with van der Waals surface area (Å²) in [6.45, 7) is 3.17. The summed E-state index contributed by atoms with van der Waals surface area (Å²) in [6.07, 6.45) is 41.5. The highest BCUT2D eigenvalue weighted by Crippen LogP contribution is 2.26. The molecule has 1 rings (SSSR count). The Bertz CT molecular complexity index is 1420. The molecule has 1 aliphatic heterocycles. The molecule has 8 unspecified atom stereocenters. The summed E-state index contributed by atoms with van der Waals surface area (Å²) in [5, 5.41) is 55.3. The van der Waals surface area contributed by atoms with Crippen LogP contribution in [0.25, 0.3) is 0 Å². The van der Waals surface area contributed by atoms with Crippen molar-refractivity contribution in [1.82, 2.24) is 5.32 Å². The number of hydrogen-bond donors (Lipinski definition) is 7. The van der Waals surface area contributed by atoms with Gasteiger partial charge in [-0.05, 0) is 70.6 Å². The second-order valence-corrected chi connectivity index (χ2v) is 19.0. The lowest BCUT2D eigenvalue weighted by Crippen LogP contribution is -2.61. The number of rotatable bonds is 43. The number of carbonyl (C=O) groups is 1. The first kappa shape index (κ1) is 61.8. The van der Waals surface area contributed by atoms with E-state index in [0.29, 0.717) is 12.8 Å². The fourth-order valence-corrected chi connectivity index (χ4v) is 8.29. The van der Waals surface area contributed by atoms with E-state index in [1.807, 2.05) is 0 Å². The molecule has 0 aromatic carbocycles. The molecule has 66 heavy (non-hydrogen) atoms. The molecule has 0 spiro atoms. The van der Waals surface area contributed by atoms with Crippen LogP contribution >= 0.6 is 0 Å². The summed E-state index contributed by atoms with van der Waals surface area (Å²) < 4.78 is 47.6. The Labute approximate surface area is 400 Å². The van der Waals surface area contributed by atoms with Crippen LogP contribution in [-0.2, 0) is 28.9 Å². The van der Waals surface area contributed by atoms with Gasteiger partial charge in [0, 0.05) is 0 Å². The highest BCUT2D eigenvalue weighted by Gasteiger charge is 2.48. The number of unbranched alkanes of at least 4 members (excludes halogenated alkanes) is 23. The zero-order valence-electron chi connectivity index (χ0n) is 40.9. The molecule has 384 valence electrons. The third-order valence-electron chi connectivity index (χ3n) is 11.9. The average Bonchev–Trinajstić information content (AvgIpc) is 3.29. The Morgan fingerprint density at radius 2 is 1.06 bits per heavy atom. The zero-order chi connectivity index (χ0) is 48.5. The summed E-state index contributed by atoms with van der Waals surface area (Å²) in [5.74, 6) is -0.722. The molecule has 14 heteroatoms. The maximum absolute atomic E-state index is 13.2. The molecule has 1 heterocycles. The number of aliphatic hydroxyl groups is 5. The minimum Gasteiger partial charge on any atom is -0.394 e. The molecule has 0 bridgehead atoms. The van der Waals surface area contributed by atoms with Crippen molar-refractivity contribution in [2.75, 3.05) is 13.2 Å². The maximum atomic E-state index is 13.2. The van der Waals surface area contributed by atoms with Gasteiger partial charge in [0.15, 0.2) is 6.29 Å². The largest absolute Gasteiger partial charge is 0.397 e. The Morgan fingerprint density at radius 1 is 0.621 bits per heavy atom. The van der Waals surface area contributed by atoms with Crippen molar-refractivity contribution in [1.29, 1.82) is 0 Å². The summed E-state index contributed by atoms with van der Waals surface area (Å²) in [7, 11) is -5.13. The van der Waals surface area contributed by atoms with Crippen molar-refractivity contribution in [3.05, 3.63) is 60.8 Å². The number of ether oxygens (including phenoxy) is 2. The Balaban J connectivity index is 2.57. The van der Waals surface area contributed by atoms with Crippen LogP contribution in [0.15, 0.2) is 60.8 Å². The van der Waals surface area contributed by atoms with Gasteiger partial charge in [-0.2, -0.15) is 8.42 Å². The van der Waals surface area contributed by atoms with Crippen LogP contribution in [0.1, 0.15) is 200 Å². The summed E-state index contributed by atoms with van der Waals surface area (Å²) in [6, 6.07) is -1.15. The number of carbonyl (C=O) groups excluding carboxylic acids is 1. The topological polar surface area (TPSA) is 212 Å². The van der Waals surface area contributed by atoms with Crippen molar-refractivity contribution in [3.63, 3.8) is 0 Å². The van der Waals surface area contributed by atoms with Gasteiger partial charge in [-0.1, -0.05) is 190 Å². The number of aliphatic hydroxyl groups excluding tert-OH is 5. The quantitative estimate of drug-likeness (QED) is 0.0132. The van der Waals surface area contributed by atoms with E-state index in [2.05, 4.69) is 72.0 Å². The van der Waals surface area contributed by atoms with Gasteiger partial charge >= 0.3 is 10.4 Å². The Morgan fingerprint density at radius 3 is 1.58 bits per heavy atom. The minimum atomic E-state index is -5.13. The molecule has 0 aromatic rings. The first-order valence-electron chi connectivity index (χ1n) is 25.8. The van der Waals surface area contributed by atoms with E-state index < -0.39 is 78.5 Å². The van der Waals surface area contributed by atoms with Crippen molar-refractivity contribution in [3.8, 4) is 0 Å². The lowest BCUT2D eigenvalue weighted by Gasteiger charge is -2.41. The lowest BCUT2D eigenvalue weighted by atomic mass is 9.99. The van der Waals surface area contributed by atoms with Crippen molar-refractivity contribution >= 4 is 16.3 Å². The molecule has 1 saturated heterocycles. The van der Waals surface area contributed by atoms with Crippen LogP contribution in [0.4, 0.5) is 0 Å². The molecule has 7 N–H and O–H groups in total. The summed E-state index contributed by atoms with van der Waals surface area (Å²) in [4.78, 5) is 13.2. The van der Waals surface area contributed by atoms with Gasteiger partial charge in [0.1, 0.15) is 30.5 Å². The predicted molar refractivity (Wildman–Crippen MR) is 265 cm³/mol. The highest BCUT2D eigenvalue weighted by molar-refractivity contribution is 7.80. The lowest BCUT2D eigenvalue weighted by molar-refractivity contribution is -0.298. The summed E-state index contributed by atoms with van der Waals surface area (Å²) >= 11 is 0. The zero-order valence-corrected chi connectivity index (χ0v) is 41.7. The molecule has 0 saturated carbocycles. The molecular weight excluding hydrogens is 863 g/mol. The first-order valence-corrected chi connectivity index (χ1v) is 27.2. The van der Waals surface area contributed by atoms with E-state index in [1.54, 1.807) is 6.08 Å². The molecule has 1 amide bonds. The molecular formula is C52H93NO12S. The number of allylic oxidation sites excluding steroid dienone is 9. The van der Waals surface area contributed by atoms with E-state index in [4.69, 9.17) is 9.47 Å². The molecule has 1 fully saturated rings. The average molecular weight is 956 g/mol. The van der Waals surface area contributed by atoms with Crippen LogP contribution in [0.5, 0.6) is 0 Å². The van der Waals surface area contributed by atoms with Crippen molar-refractivity contribution in [2.24, 2.45) is 0 Å². The van der Waals surface area contributed by atoms with Gasteiger partial charge in [0.05, 0.1) is 25.4 Å². The van der Waals surface area contributed by atoms with Crippen molar-refractivity contribution in [2.45, 2.75) is 249 Å². The smallest absolute Gasteiger partial charge is 0.394 e. The van der Waals surface area contributed by atoms with Crippen molar-refractivity contribution < 1.29 is 57.0 Å². The second-order valence-electron chi connectivity index (χ2n) is 17.9. The van der Waals surface area contributed by atoms with E-state index in [1.165, 1.54) is 109 Å². The van der Waals surface area contributed by atoms with Crippen LogP contribution < -0.4 is 5.32 Å². The van der Waals surface area contributed by atoms with Crippen LogP contribution in [-0.4, -0.2) is 107 Å². The predicted octanol–water partition coefficient (Wildman–Crippen LogP) is 9.97. The normalized spacial score (nSPS) is 21.0. The third kappa shape index (κ3) is 33.3. The van der Waals surface area contributed by atoms with Gasteiger partial charge in [0.25, 0.3) is 0 Å². The van der Waals surface area contributed by atoms with Gasteiger partial charge in [-0.15, -0.1) is 0 Å². The van der Waals surface area contributed by atoms with E-state index in [0.717, 1.165) is 64.2 Å².